The average Bonchev–Trinajstić information content (AvgIpc) is 2.33. The van der Waals surface area contributed by atoms with E-state index in [9.17, 15) is 26.1 Å². The van der Waals surface area contributed by atoms with Crippen LogP contribution >= 0.6 is 0 Å². The predicted molar refractivity (Wildman–Crippen MR) is 61.4 cm³/mol. The number of halogens is 3. The Morgan fingerprint density at radius 2 is 1.70 bits per heavy atom. The molecule has 1 aromatic rings. The molecule has 0 saturated carbocycles. The summed E-state index contributed by atoms with van der Waals surface area (Å²) in [6, 6.07) is 4.75. The van der Waals surface area contributed by atoms with Crippen molar-refractivity contribution in [1.29, 1.82) is 0 Å². The Balaban J connectivity index is 0.00000361. The van der Waals surface area contributed by atoms with E-state index in [1.165, 1.54) is 12.1 Å². The van der Waals surface area contributed by atoms with Crippen molar-refractivity contribution in [1.82, 2.24) is 0 Å². The van der Waals surface area contributed by atoms with Gasteiger partial charge in [0.2, 0.25) is 0 Å². The maximum absolute atomic E-state index is 12.8. The van der Waals surface area contributed by atoms with E-state index in [2.05, 4.69) is 0 Å². The largest absolute Gasteiger partial charge is 1.00 e. The van der Waals surface area contributed by atoms with Crippen molar-refractivity contribution in [3.8, 4) is 5.75 Å². The van der Waals surface area contributed by atoms with Gasteiger partial charge in [-0.25, -0.2) is 12.8 Å². The van der Waals surface area contributed by atoms with Crippen LogP contribution in [0.2, 0.25) is 0 Å². The van der Waals surface area contributed by atoms with Crippen LogP contribution < -0.4 is 23.6 Å². The molecule has 0 aliphatic rings. The van der Waals surface area contributed by atoms with Gasteiger partial charge in [0.1, 0.15) is 5.75 Å². The molecule has 4 nitrogen and oxygen atoms in total. The zero-order valence-electron chi connectivity index (χ0n) is 10.6. The molecular formula is C11H10F3LiO4S. The Bertz CT molecular complexity index is 554. The van der Waals surface area contributed by atoms with Gasteiger partial charge in [-0.15, -0.1) is 0 Å². The zero-order chi connectivity index (χ0) is 14.5. The van der Waals surface area contributed by atoms with E-state index in [-0.39, 0.29) is 43.2 Å². The Labute approximate surface area is 126 Å². The summed E-state index contributed by atoms with van der Waals surface area (Å²) in [5, 5.41) is 0. The van der Waals surface area contributed by atoms with E-state index in [1.807, 2.05) is 0 Å². The monoisotopic (exact) mass is 302 g/mol. The Kier molecular flexibility index (Phi) is 7.97. The molecule has 0 unspecified atom stereocenters. The van der Waals surface area contributed by atoms with Gasteiger partial charge in [0.15, 0.2) is 5.83 Å². The smallest absolute Gasteiger partial charge is 0.748 e. The van der Waals surface area contributed by atoms with Crippen molar-refractivity contribution in [3.63, 3.8) is 0 Å². The van der Waals surface area contributed by atoms with E-state index in [4.69, 9.17) is 4.74 Å². The van der Waals surface area contributed by atoms with E-state index in [0.29, 0.717) is 0 Å². The molecular weight excluding hydrogens is 292 g/mol. The van der Waals surface area contributed by atoms with Gasteiger partial charge < -0.3 is 9.29 Å². The molecule has 20 heavy (non-hydrogen) atoms. The topological polar surface area (TPSA) is 66.4 Å². The van der Waals surface area contributed by atoms with Gasteiger partial charge in [0, 0.05) is 11.3 Å². The summed E-state index contributed by atoms with van der Waals surface area (Å²) in [4.78, 5) is 0. The number of hydrogen-bond donors (Lipinski definition) is 0. The molecule has 1 rings (SSSR count). The first-order chi connectivity index (χ1) is 8.79. The summed E-state index contributed by atoms with van der Waals surface area (Å²) in [6.07, 6.45) is -2.39. The molecule has 0 spiro atoms. The van der Waals surface area contributed by atoms with Crippen LogP contribution in [0.25, 0.3) is 5.83 Å². The zero-order valence-corrected chi connectivity index (χ0v) is 11.4. The first-order valence-corrected chi connectivity index (χ1v) is 6.75. The van der Waals surface area contributed by atoms with Gasteiger partial charge in [-0.3, -0.25) is 0 Å². The molecule has 0 aliphatic carbocycles. The van der Waals surface area contributed by atoms with Crippen molar-refractivity contribution in [2.45, 2.75) is 6.42 Å². The van der Waals surface area contributed by atoms with Crippen LogP contribution in [0.4, 0.5) is 13.2 Å². The fourth-order valence-electron chi connectivity index (χ4n) is 1.23. The van der Waals surface area contributed by atoms with Crippen molar-refractivity contribution < 1.29 is 49.7 Å². The fraction of sp³-hybridized carbons (Fsp3) is 0.273. The second-order valence-corrected chi connectivity index (χ2v) is 5.09. The fourth-order valence-corrected chi connectivity index (χ4v) is 1.70. The second-order valence-electron chi connectivity index (χ2n) is 3.56. The molecule has 0 aliphatic heterocycles. The Hall–Kier alpha value is -0.943. The molecule has 106 valence electrons. The number of ether oxygens (including phenoxy) is 1. The molecule has 0 amide bonds. The minimum atomic E-state index is -4.28. The van der Waals surface area contributed by atoms with Gasteiger partial charge in [-0.2, -0.15) is 8.78 Å². The summed E-state index contributed by atoms with van der Waals surface area (Å²) in [5.74, 6) is -1.89. The summed E-state index contributed by atoms with van der Waals surface area (Å²) in [6.45, 7) is -0.0173. The summed E-state index contributed by atoms with van der Waals surface area (Å²) in [5.41, 5.74) is -0.283. The molecule has 0 atom stereocenters. The van der Waals surface area contributed by atoms with Gasteiger partial charge >= 0.3 is 24.9 Å². The van der Waals surface area contributed by atoms with Crippen LogP contribution in [0, 0.1) is 0 Å². The summed E-state index contributed by atoms with van der Waals surface area (Å²) < 4.78 is 72.7. The molecule has 9 heteroatoms. The van der Waals surface area contributed by atoms with Crippen LogP contribution in [0.1, 0.15) is 12.0 Å². The first-order valence-electron chi connectivity index (χ1n) is 5.17. The van der Waals surface area contributed by atoms with Crippen LogP contribution in [0.15, 0.2) is 30.3 Å². The molecule has 0 heterocycles. The van der Waals surface area contributed by atoms with Gasteiger partial charge in [0.25, 0.3) is 0 Å². The Morgan fingerprint density at radius 1 is 1.15 bits per heavy atom. The SMILES string of the molecule is O=S(=O)([O-])CCCOc1ccc(C(F)=C(F)F)cc1.[Li+]. The molecule has 0 N–H and O–H groups in total. The van der Waals surface area contributed by atoms with Crippen LogP contribution in [-0.4, -0.2) is 25.3 Å². The molecule has 0 saturated heterocycles. The summed E-state index contributed by atoms with van der Waals surface area (Å²) >= 11 is 0. The standard InChI is InChI=1S/C11H11F3O4S.Li/c12-10(11(13)14)8-2-4-9(5-3-8)18-6-1-7-19(15,16)17;/h2-5H,1,6-7H2,(H,15,16,17);/q;+1/p-1. The molecule has 0 fully saturated rings. The van der Waals surface area contributed by atoms with Crippen molar-refractivity contribution in [2.24, 2.45) is 0 Å². The van der Waals surface area contributed by atoms with E-state index in [1.54, 1.807) is 0 Å². The van der Waals surface area contributed by atoms with Gasteiger partial charge in [-0.1, -0.05) is 0 Å². The number of hydrogen-bond acceptors (Lipinski definition) is 4. The minimum absolute atomic E-state index is 0. The number of benzene rings is 1. The molecule has 0 radical (unpaired) electrons. The van der Waals surface area contributed by atoms with Crippen molar-refractivity contribution in [2.75, 3.05) is 12.4 Å². The molecule has 1 aromatic carbocycles. The van der Waals surface area contributed by atoms with E-state index < -0.39 is 27.8 Å². The van der Waals surface area contributed by atoms with Crippen LogP contribution in [-0.2, 0) is 10.1 Å². The van der Waals surface area contributed by atoms with Crippen molar-refractivity contribution >= 4 is 15.9 Å². The molecule has 0 bridgehead atoms. The van der Waals surface area contributed by atoms with Crippen LogP contribution in [0.3, 0.4) is 0 Å². The normalized spacial score (nSPS) is 10.6. The number of rotatable bonds is 6. The van der Waals surface area contributed by atoms with Gasteiger partial charge in [0.05, 0.1) is 16.7 Å². The predicted octanol–water partition coefficient (Wildman–Crippen LogP) is -0.461. The third-order valence-corrected chi connectivity index (χ3v) is 2.87. The van der Waals surface area contributed by atoms with Crippen molar-refractivity contribution in [3.05, 3.63) is 35.9 Å². The quantitative estimate of drug-likeness (QED) is 0.405. The first kappa shape index (κ1) is 19.1. The summed E-state index contributed by atoms with van der Waals surface area (Å²) in [7, 11) is -4.28. The van der Waals surface area contributed by atoms with E-state index >= 15 is 0 Å². The molecule has 0 aromatic heterocycles. The average molecular weight is 302 g/mol. The third kappa shape index (κ3) is 7.00. The van der Waals surface area contributed by atoms with Gasteiger partial charge in [-0.05, 0) is 30.7 Å². The maximum Gasteiger partial charge on any atom is 1.00 e. The van der Waals surface area contributed by atoms with E-state index in [0.717, 1.165) is 12.1 Å². The van der Waals surface area contributed by atoms with Crippen LogP contribution in [0.5, 0.6) is 5.75 Å². The maximum atomic E-state index is 12.8. The third-order valence-electron chi connectivity index (χ3n) is 2.08. The Morgan fingerprint density at radius 3 is 2.15 bits per heavy atom. The minimum Gasteiger partial charge on any atom is -0.748 e. The second kappa shape index (κ2) is 8.37.